The third-order valence-electron chi connectivity index (χ3n) is 3.26. The Labute approximate surface area is 119 Å². The maximum absolute atomic E-state index is 4.95. The third-order valence-corrected chi connectivity index (χ3v) is 3.26. The van der Waals surface area contributed by atoms with Crippen LogP contribution in [0.5, 0.6) is 0 Å². The van der Waals surface area contributed by atoms with Gasteiger partial charge in [0.25, 0.3) is 0 Å². The van der Waals surface area contributed by atoms with Gasteiger partial charge in [-0.1, -0.05) is 67.5 Å². The molecule has 2 rings (SSSR count). The van der Waals surface area contributed by atoms with Crippen LogP contribution in [-0.4, -0.2) is 4.98 Å². The van der Waals surface area contributed by atoms with Crippen molar-refractivity contribution in [2.45, 2.75) is 72.6 Å². The molecule has 1 aromatic heterocycles. The van der Waals surface area contributed by atoms with Gasteiger partial charge in [-0.3, -0.25) is 4.98 Å². The van der Waals surface area contributed by atoms with Gasteiger partial charge in [0.15, 0.2) is 0 Å². The fourth-order valence-corrected chi connectivity index (χ4v) is 2.26. The molecule has 1 aromatic rings. The largest absolute Gasteiger partial charge is 0.256 e. The molecule has 0 spiro atoms. The number of hydrogen-bond acceptors (Lipinski definition) is 1. The van der Waals surface area contributed by atoms with Gasteiger partial charge in [0.2, 0.25) is 0 Å². The predicted molar refractivity (Wildman–Crippen MR) is 85.7 cm³/mol. The monoisotopic (exact) mass is 259 g/mol. The van der Waals surface area contributed by atoms with E-state index in [1.165, 1.54) is 22.5 Å². The number of hydrogen-bond donors (Lipinski definition) is 0. The van der Waals surface area contributed by atoms with Crippen molar-refractivity contribution in [3.63, 3.8) is 0 Å². The van der Waals surface area contributed by atoms with Crippen molar-refractivity contribution >= 4 is 6.08 Å². The zero-order valence-electron chi connectivity index (χ0n) is 13.9. The smallest absolute Gasteiger partial charge is 0.0501 e. The third kappa shape index (κ3) is 3.46. The maximum Gasteiger partial charge on any atom is 0.0501 e. The number of pyridine rings is 1. The van der Waals surface area contributed by atoms with Gasteiger partial charge < -0.3 is 0 Å². The molecule has 1 aliphatic rings. The Morgan fingerprint density at radius 2 is 1.53 bits per heavy atom. The summed E-state index contributed by atoms with van der Waals surface area (Å²) >= 11 is 0. The van der Waals surface area contributed by atoms with Crippen LogP contribution in [0.3, 0.4) is 0 Å². The lowest BCUT2D eigenvalue weighted by atomic mass is 9.84. The van der Waals surface area contributed by atoms with Gasteiger partial charge in [0.05, 0.1) is 5.69 Å². The molecule has 0 saturated carbocycles. The van der Waals surface area contributed by atoms with E-state index in [0.29, 0.717) is 0 Å². The van der Waals surface area contributed by atoms with Crippen LogP contribution >= 0.6 is 0 Å². The molecule has 0 fully saturated rings. The highest BCUT2D eigenvalue weighted by atomic mass is 14.8. The fourth-order valence-electron chi connectivity index (χ4n) is 2.26. The Morgan fingerprint density at radius 1 is 0.947 bits per heavy atom. The standard InChI is InChI=1S/C16H23N.C2H6/c1-15(2,3)13-10-11-8-7-9-12(11)14(17-13)16(4,5)6;1-2/h7-8,10H,9H2,1-6H3;1-2H3. The molecular weight excluding hydrogens is 230 g/mol. The van der Waals surface area contributed by atoms with E-state index in [9.17, 15) is 0 Å². The molecule has 0 N–H and O–H groups in total. The van der Waals surface area contributed by atoms with E-state index in [1.807, 2.05) is 13.8 Å². The summed E-state index contributed by atoms with van der Waals surface area (Å²) in [6, 6.07) is 2.26. The van der Waals surface area contributed by atoms with Crippen LogP contribution in [0.4, 0.5) is 0 Å². The van der Waals surface area contributed by atoms with Gasteiger partial charge in [-0.2, -0.15) is 0 Å². The first-order chi connectivity index (χ1) is 8.69. The molecule has 0 bridgehead atoms. The Kier molecular flexibility index (Phi) is 4.60. The van der Waals surface area contributed by atoms with Crippen LogP contribution in [0.25, 0.3) is 6.08 Å². The second kappa shape index (κ2) is 5.48. The molecule has 0 saturated heterocycles. The van der Waals surface area contributed by atoms with Crippen molar-refractivity contribution < 1.29 is 0 Å². The molecule has 1 heteroatoms. The molecule has 0 unspecified atom stereocenters. The zero-order valence-corrected chi connectivity index (χ0v) is 13.9. The lowest BCUT2D eigenvalue weighted by Gasteiger charge is -2.26. The van der Waals surface area contributed by atoms with Crippen molar-refractivity contribution in [1.29, 1.82) is 0 Å². The lowest BCUT2D eigenvalue weighted by Crippen LogP contribution is -2.22. The quantitative estimate of drug-likeness (QED) is 0.618. The maximum atomic E-state index is 4.95. The number of allylic oxidation sites excluding steroid dienone is 1. The summed E-state index contributed by atoms with van der Waals surface area (Å²) in [5, 5.41) is 0. The zero-order chi connectivity index (χ0) is 14.8. The van der Waals surface area contributed by atoms with E-state index in [4.69, 9.17) is 4.98 Å². The van der Waals surface area contributed by atoms with E-state index >= 15 is 0 Å². The highest BCUT2D eigenvalue weighted by molar-refractivity contribution is 5.62. The Hall–Kier alpha value is -1.11. The van der Waals surface area contributed by atoms with Crippen molar-refractivity contribution in [3.8, 4) is 0 Å². The molecule has 0 atom stereocenters. The molecule has 0 aliphatic heterocycles. The SMILES string of the molecule is CC.CC(C)(C)c1cc2c(c(C(C)(C)C)n1)CC=C2. The van der Waals surface area contributed by atoms with Crippen LogP contribution in [-0.2, 0) is 17.3 Å². The Balaban J connectivity index is 0.000000861. The van der Waals surface area contributed by atoms with Crippen LogP contribution < -0.4 is 0 Å². The number of fused-ring (bicyclic) bond motifs is 1. The van der Waals surface area contributed by atoms with Gasteiger partial charge in [-0.25, -0.2) is 0 Å². The second-order valence-electron chi connectivity index (χ2n) is 7.03. The molecule has 106 valence electrons. The van der Waals surface area contributed by atoms with E-state index in [0.717, 1.165) is 6.42 Å². The van der Waals surface area contributed by atoms with Crippen molar-refractivity contribution in [2.75, 3.05) is 0 Å². The first kappa shape index (κ1) is 15.9. The van der Waals surface area contributed by atoms with Gasteiger partial charge in [-0.05, 0) is 23.6 Å². The Bertz CT molecular complexity index is 468. The minimum absolute atomic E-state index is 0.117. The predicted octanol–water partition coefficient (Wildman–Crippen LogP) is 5.27. The van der Waals surface area contributed by atoms with E-state index < -0.39 is 0 Å². The van der Waals surface area contributed by atoms with E-state index in [1.54, 1.807) is 0 Å². The molecule has 0 aromatic carbocycles. The lowest BCUT2D eigenvalue weighted by molar-refractivity contribution is 0.527. The van der Waals surface area contributed by atoms with Crippen LogP contribution in [0.1, 0.15) is 77.9 Å². The van der Waals surface area contributed by atoms with E-state index in [2.05, 4.69) is 59.8 Å². The van der Waals surface area contributed by atoms with Crippen LogP contribution in [0, 0.1) is 0 Å². The minimum atomic E-state index is 0.117. The number of nitrogens with zero attached hydrogens (tertiary/aromatic N) is 1. The first-order valence-electron chi connectivity index (χ1n) is 7.41. The summed E-state index contributed by atoms with van der Waals surface area (Å²) in [5.74, 6) is 0. The average Bonchev–Trinajstić information content (AvgIpc) is 2.75. The van der Waals surface area contributed by atoms with Crippen LogP contribution in [0.2, 0.25) is 0 Å². The van der Waals surface area contributed by atoms with Crippen molar-refractivity contribution in [1.82, 2.24) is 4.98 Å². The van der Waals surface area contributed by atoms with Gasteiger partial charge in [0.1, 0.15) is 0 Å². The molecule has 1 heterocycles. The van der Waals surface area contributed by atoms with Gasteiger partial charge in [0, 0.05) is 16.5 Å². The molecular formula is C18H29N. The number of aromatic nitrogens is 1. The average molecular weight is 259 g/mol. The molecule has 1 aliphatic carbocycles. The molecule has 0 amide bonds. The minimum Gasteiger partial charge on any atom is -0.256 e. The summed E-state index contributed by atoms with van der Waals surface area (Å²) in [6.45, 7) is 17.4. The molecule has 0 radical (unpaired) electrons. The summed E-state index contributed by atoms with van der Waals surface area (Å²) in [7, 11) is 0. The van der Waals surface area contributed by atoms with Crippen LogP contribution in [0.15, 0.2) is 12.1 Å². The van der Waals surface area contributed by atoms with Gasteiger partial charge in [-0.15, -0.1) is 0 Å². The van der Waals surface area contributed by atoms with Crippen molar-refractivity contribution in [3.05, 3.63) is 34.7 Å². The second-order valence-corrected chi connectivity index (χ2v) is 7.03. The number of rotatable bonds is 0. The highest BCUT2D eigenvalue weighted by Gasteiger charge is 2.26. The topological polar surface area (TPSA) is 12.9 Å². The normalized spacial score (nSPS) is 13.9. The van der Waals surface area contributed by atoms with E-state index in [-0.39, 0.29) is 10.8 Å². The summed E-state index contributed by atoms with van der Waals surface area (Å²) < 4.78 is 0. The summed E-state index contributed by atoms with van der Waals surface area (Å²) in [6.07, 6.45) is 5.52. The summed E-state index contributed by atoms with van der Waals surface area (Å²) in [5.41, 5.74) is 5.50. The molecule has 1 nitrogen and oxygen atoms in total. The highest BCUT2D eigenvalue weighted by Crippen LogP contribution is 2.34. The summed E-state index contributed by atoms with van der Waals surface area (Å²) in [4.78, 5) is 4.95. The first-order valence-corrected chi connectivity index (χ1v) is 7.41. The van der Waals surface area contributed by atoms with Crippen molar-refractivity contribution in [2.24, 2.45) is 0 Å². The van der Waals surface area contributed by atoms with Gasteiger partial charge >= 0.3 is 0 Å². The Morgan fingerprint density at radius 3 is 2.00 bits per heavy atom. The molecule has 19 heavy (non-hydrogen) atoms. The fraction of sp³-hybridized carbons (Fsp3) is 0.611.